The first kappa shape index (κ1) is 56.3. The van der Waals surface area contributed by atoms with Crippen LogP contribution in [0, 0.1) is 0 Å². The van der Waals surface area contributed by atoms with Gasteiger partial charge in [-0.25, -0.2) is 0 Å². The number of primary amides is 1. The molecule has 0 radical (unpaired) electrons. The number of H-pyrrole nitrogens is 1. The van der Waals surface area contributed by atoms with Crippen molar-refractivity contribution < 1.29 is 38.4 Å². The Morgan fingerprint density at radius 1 is 0.819 bits per heavy atom. The van der Waals surface area contributed by atoms with Crippen LogP contribution < -0.4 is 43.8 Å². The highest BCUT2D eigenvalue weighted by Crippen LogP contribution is 2.23. The molecule has 12 N–H and O–H groups in total. The number of aromatic nitrogens is 2. The molecule has 24 heteroatoms. The molecule has 0 saturated carbocycles. The summed E-state index contributed by atoms with van der Waals surface area (Å²) in [6, 6.07) is 10.3. The smallest absolute Gasteiger partial charge is 0.245 e. The van der Waals surface area contributed by atoms with Gasteiger partial charge in [0.2, 0.25) is 47.3 Å². The van der Waals surface area contributed by atoms with Gasteiger partial charge in [-0.05, 0) is 36.5 Å². The van der Waals surface area contributed by atoms with Crippen molar-refractivity contribution in [1.82, 2.24) is 46.4 Å². The molecule has 1 saturated heterocycles. The van der Waals surface area contributed by atoms with E-state index in [1.807, 2.05) is 31.2 Å². The van der Waals surface area contributed by atoms with Gasteiger partial charge in [-0.3, -0.25) is 48.3 Å². The van der Waals surface area contributed by atoms with Gasteiger partial charge in [-0.1, -0.05) is 89.9 Å². The highest BCUT2D eigenvalue weighted by molar-refractivity contribution is 8.76. The Hall–Kier alpha value is -6.66. The van der Waals surface area contributed by atoms with Gasteiger partial charge in [0, 0.05) is 85.5 Å². The average Bonchev–Trinajstić information content (AvgIpc) is 4.02. The molecule has 2 aromatic heterocycles. The molecule has 388 valence electrons. The number of carbonyl (C=O) groups is 8. The number of rotatable bonds is 17. The molecule has 8 amide bonds. The van der Waals surface area contributed by atoms with E-state index in [2.05, 4.69) is 41.5 Å². The van der Waals surface area contributed by atoms with Crippen molar-refractivity contribution in [3.63, 3.8) is 0 Å². The molecule has 72 heavy (non-hydrogen) atoms. The van der Waals surface area contributed by atoms with Crippen LogP contribution in [0.5, 0.6) is 0 Å². The van der Waals surface area contributed by atoms with Gasteiger partial charge in [0.05, 0.1) is 18.6 Å². The van der Waals surface area contributed by atoms with E-state index in [4.69, 9.17) is 17.2 Å². The summed E-state index contributed by atoms with van der Waals surface area (Å²) in [6.45, 7) is 2.53. The van der Waals surface area contributed by atoms with Crippen molar-refractivity contribution in [1.29, 1.82) is 0 Å². The highest BCUT2D eigenvalue weighted by atomic mass is 33.1. The Bertz CT molecular complexity index is 2490. The summed E-state index contributed by atoms with van der Waals surface area (Å²) in [7, 11) is 2.71. The number of amides is 8. The highest BCUT2D eigenvalue weighted by Gasteiger charge is 2.35. The maximum atomic E-state index is 14.7. The van der Waals surface area contributed by atoms with E-state index in [0.29, 0.717) is 34.6 Å². The molecule has 1 aliphatic rings. The number of thiazole rings is 1. The molecule has 0 aliphatic carbocycles. The van der Waals surface area contributed by atoms with Crippen LogP contribution in [0.1, 0.15) is 62.0 Å². The van der Waals surface area contributed by atoms with E-state index in [1.54, 1.807) is 48.2 Å². The molecular weight excluding hydrogens is 983 g/mol. The van der Waals surface area contributed by atoms with Crippen molar-refractivity contribution >= 4 is 97.0 Å². The van der Waals surface area contributed by atoms with Crippen molar-refractivity contribution in [2.75, 3.05) is 44.2 Å². The summed E-state index contributed by atoms with van der Waals surface area (Å²) < 4.78 is 0. The van der Waals surface area contributed by atoms with Gasteiger partial charge in [0.15, 0.2) is 5.96 Å². The molecule has 0 spiro atoms. The van der Waals surface area contributed by atoms with Gasteiger partial charge in [-0.15, -0.1) is 11.3 Å². The largest absolute Gasteiger partial charge is 0.370 e. The number of aliphatic imine (C=N–C) groups is 1. The number of aromatic amines is 1. The Balaban J connectivity index is 1.56. The van der Waals surface area contributed by atoms with Crippen LogP contribution in [-0.2, 0) is 57.6 Å². The first-order valence-electron chi connectivity index (χ1n) is 23.7. The van der Waals surface area contributed by atoms with Crippen LogP contribution in [-0.4, -0.2) is 147 Å². The lowest BCUT2D eigenvalue weighted by atomic mass is 10.0. The van der Waals surface area contributed by atoms with Crippen LogP contribution in [0.3, 0.4) is 0 Å². The fourth-order valence-corrected chi connectivity index (χ4v) is 10.6. The minimum Gasteiger partial charge on any atom is -0.370 e. The first-order chi connectivity index (χ1) is 34.6. The number of nitrogens with two attached hydrogens (primary N) is 3. The number of carbonyl (C=O) groups excluding carboxylic acids is 8. The second-order valence-corrected chi connectivity index (χ2v) is 20.9. The molecule has 4 aromatic rings. The van der Waals surface area contributed by atoms with E-state index in [0.717, 1.165) is 17.3 Å². The van der Waals surface area contributed by atoms with Gasteiger partial charge in [0.1, 0.15) is 30.2 Å². The second kappa shape index (κ2) is 29.0. The predicted molar refractivity (Wildman–Crippen MR) is 280 cm³/mol. The molecule has 5 rings (SSSR count). The second-order valence-electron chi connectivity index (χ2n) is 17.2. The zero-order valence-corrected chi connectivity index (χ0v) is 42.9. The fourth-order valence-electron chi connectivity index (χ4n) is 8.02. The number of fused-ring (bicyclic) bond motifs is 1. The summed E-state index contributed by atoms with van der Waals surface area (Å²) in [5, 5.41) is 14.9. The number of hydrogen-bond donors (Lipinski definition) is 9. The van der Waals surface area contributed by atoms with Gasteiger partial charge >= 0.3 is 0 Å². The lowest BCUT2D eigenvalue weighted by Crippen LogP contribution is -2.60. The van der Waals surface area contributed by atoms with Gasteiger partial charge in [0.25, 0.3) is 0 Å². The number of nitrogens with zero attached hydrogens (tertiary/aromatic N) is 4. The Morgan fingerprint density at radius 3 is 2.17 bits per heavy atom. The quantitative estimate of drug-likeness (QED) is 0.0308. The van der Waals surface area contributed by atoms with Crippen LogP contribution in [0.15, 0.2) is 77.5 Å². The standard InChI is InChI=1S/C48H65N13O8S3/c1-3-4-14-37(55-30(2)62)46(68)61-19-21-72-71-20-18-60(27-41(49)63)47(69)40(23-32-25-54-35-15-9-8-13-34(32)35)59-43(65)36(16-10-17-53-48(50)51)57-44(66)38(22-31-11-6-5-7-12-31)58-45(67)39(56-42(64)28-61)24-33-26-52-29-70-33/h5-9,11-13,15,25-26,29,36-40,54H,3-4,10,14,16-24,27-28H2,1-2H3,(H2,49,63)(H,55,62)(H,56,64)(H,57,66)(H,58,67)(H,59,65)(H4,50,51,53)/t36-,37-,38+,39-,40-/m0/s1. The van der Waals surface area contributed by atoms with Crippen LogP contribution in [0.4, 0.5) is 0 Å². The molecular formula is C48H65N13O8S3. The zero-order valence-electron chi connectivity index (χ0n) is 40.4. The number of guanidine groups is 1. The van der Waals surface area contributed by atoms with Crippen LogP contribution >= 0.6 is 32.9 Å². The molecule has 2 aromatic carbocycles. The molecule has 1 aliphatic heterocycles. The molecule has 5 atom stereocenters. The predicted octanol–water partition coefficient (Wildman–Crippen LogP) is 0.878. The topological polar surface area (TPSA) is 322 Å². The van der Waals surface area contributed by atoms with Crippen molar-refractivity contribution in [3.8, 4) is 0 Å². The van der Waals surface area contributed by atoms with E-state index in [1.165, 1.54) is 49.6 Å². The third-order valence-electron chi connectivity index (χ3n) is 11.5. The monoisotopic (exact) mass is 1050 g/mol. The number of benzene rings is 2. The Kier molecular flexibility index (Phi) is 22.7. The third-order valence-corrected chi connectivity index (χ3v) is 14.7. The third kappa shape index (κ3) is 18.2. The minimum atomic E-state index is -1.31. The molecule has 0 bridgehead atoms. The van der Waals surface area contributed by atoms with Crippen LogP contribution in [0.2, 0.25) is 0 Å². The van der Waals surface area contributed by atoms with E-state index >= 15 is 0 Å². The maximum Gasteiger partial charge on any atom is 0.245 e. The molecule has 1 fully saturated rings. The normalized spacial score (nSPS) is 19.7. The summed E-state index contributed by atoms with van der Waals surface area (Å²) in [4.78, 5) is 126. The summed E-state index contributed by atoms with van der Waals surface area (Å²) >= 11 is 1.26. The fraction of sp³-hybridized carbons (Fsp3) is 0.458. The number of para-hydroxylation sites is 1. The Morgan fingerprint density at radius 2 is 1.49 bits per heavy atom. The van der Waals surface area contributed by atoms with Crippen LogP contribution in [0.25, 0.3) is 10.9 Å². The zero-order chi connectivity index (χ0) is 52.0. The molecule has 3 heterocycles. The summed E-state index contributed by atoms with van der Waals surface area (Å²) in [6.07, 6.45) is 5.15. The average molecular weight is 1050 g/mol. The van der Waals surface area contributed by atoms with Gasteiger partial charge < -0.3 is 58.6 Å². The van der Waals surface area contributed by atoms with Crippen molar-refractivity contribution in [3.05, 3.63) is 88.5 Å². The lowest BCUT2D eigenvalue weighted by Gasteiger charge is -2.30. The number of hydrogen-bond acceptors (Lipinski definition) is 13. The van der Waals surface area contributed by atoms with Crippen molar-refractivity contribution in [2.45, 2.75) is 95.4 Å². The number of nitrogens with one attached hydrogen (secondary N) is 6. The SMILES string of the molecule is CCCC[C@H](NC(C)=O)C(=O)N1CCSSCCN(CC(N)=O)C(=O)[C@H](Cc2c[nH]c3ccccc23)NC(=O)[C@H](CCCN=C(N)N)NC(=O)[C@@H](Cc2ccccc2)NC(=O)[C@H](Cc2cncs2)NC(=O)C1. The van der Waals surface area contributed by atoms with E-state index in [9.17, 15) is 38.4 Å². The summed E-state index contributed by atoms with van der Waals surface area (Å²) in [5.41, 5.74) is 20.6. The summed E-state index contributed by atoms with van der Waals surface area (Å²) in [5.74, 6) is -4.75. The molecule has 21 nitrogen and oxygen atoms in total. The molecule has 0 unspecified atom stereocenters. The maximum absolute atomic E-state index is 14.7. The van der Waals surface area contributed by atoms with E-state index in [-0.39, 0.29) is 63.5 Å². The lowest BCUT2D eigenvalue weighted by molar-refractivity contribution is -0.140. The van der Waals surface area contributed by atoms with E-state index < -0.39 is 90.6 Å². The first-order valence-corrected chi connectivity index (χ1v) is 27.1. The van der Waals surface area contributed by atoms with Crippen molar-refractivity contribution in [2.24, 2.45) is 22.2 Å². The van der Waals surface area contributed by atoms with Gasteiger partial charge in [-0.2, -0.15) is 0 Å². The number of unbranched alkanes of at least 4 members (excludes halogenated alkanes) is 1. The minimum absolute atomic E-state index is 0.00622. The Labute approximate surface area is 430 Å².